The van der Waals surface area contributed by atoms with E-state index in [0.29, 0.717) is 5.92 Å². The van der Waals surface area contributed by atoms with Crippen LogP contribution in [0.25, 0.3) is 0 Å². The molecule has 0 N–H and O–H groups in total. The Kier molecular flexibility index (Phi) is 8.70. The van der Waals surface area contributed by atoms with Gasteiger partial charge in [-0.25, -0.2) is 0 Å². The van der Waals surface area contributed by atoms with Crippen molar-refractivity contribution < 1.29 is 0 Å². The van der Waals surface area contributed by atoms with Crippen molar-refractivity contribution in [2.75, 3.05) is 0 Å². The summed E-state index contributed by atoms with van der Waals surface area (Å²) in [6.45, 7) is 23.1. The fraction of sp³-hybridized carbons (Fsp3) is 0.895. The molecule has 0 heterocycles. The second kappa shape index (κ2) is 8.82. The summed E-state index contributed by atoms with van der Waals surface area (Å²) in [6, 6.07) is 0. The van der Waals surface area contributed by atoms with Crippen molar-refractivity contribution in [1.29, 1.82) is 0 Å². The van der Waals surface area contributed by atoms with E-state index in [0.717, 1.165) is 35.5 Å². The van der Waals surface area contributed by atoms with Crippen molar-refractivity contribution in [2.24, 2.45) is 41.4 Å². The second-order valence-corrected chi connectivity index (χ2v) is 7.33. The number of hydrogen-bond donors (Lipinski definition) is 0. The summed E-state index contributed by atoms with van der Waals surface area (Å²) >= 11 is 0. The number of allylic oxidation sites excluding steroid dienone is 1. The normalized spacial score (nSPS) is 21.5. The van der Waals surface area contributed by atoms with Gasteiger partial charge in [0.15, 0.2) is 0 Å². The lowest BCUT2D eigenvalue weighted by Gasteiger charge is -2.37. The Morgan fingerprint density at radius 2 is 1.26 bits per heavy atom. The minimum atomic E-state index is 0.620. The van der Waals surface area contributed by atoms with E-state index in [1.807, 2.05) is 0 Å². The molecule has 6 unspecified atom stereocenters. The maximum absolute atomic E-state index is 3.96. The molecular weight excluding hydrogens is 228 g/mol. The molecule has 0 aromatic carbocycles. The summed E-state index contributed by atoms with van der Waals surface area (Å²) in [5.74, 6) is 5.43. The molecule has 6 atom stereocenters. The molecule has 0 bridgehead atoms. The third kappa shape index (κ3) is 5.71. The summed E-state index contributed by atoms with van der Waals surface area (Å²) in [5, 5.41) is 0. The molecule has 114 valence electrons. The smallest absolute Gasteiger partial charge is 0.0236 e. The molecule has 0 spiro atoms. The first kappa shape index (κ1) is 18.7. The van der Waals surface area contributed by atoms with Crippen LogP contribution in [0.4, 0.5) is 0 Å². The molecule has 0 amide bonds. The largest absolute Gasteiger partial charge is 0.103 e. The van der Waals surface area contributed by atoms with E-state index in [4.69, 9.17) is 0 Å². The quantitative estimate of drug-likeness (QED) is 0.422. The van der Waals surface area contributed by atoms with E-state index >= 15 is 0 Å². The highest BCUT2D eigenvalue weighted by Crippen LogP contribution is 2.37. The van der Waals surface area contributed by atoms with Gasteiger partial charge in [-0.2, -0.15) is 0 Å². The predicted molar refractivity (Wildman–Crippen MR) is 89.3 cm³/mol. The molecule has 0 rings (SSSR count). The van der Waals surface area contributed by atoms with E-state index in [2.05, 4.69) is 68.0 Å². The summed E-state index contributed by atoms with van der Waals surface area (Å²) < 4.78 is 0. The van der Waals surface area contributed by atoms with E-state index in [9.17, 15) is 0 Å². The maximum Gasteiger partial charge on any atom is -0.0236 e. The first-order valence-electron chi connectivity index (χ1n) is 8.38. The molecule has 0 nitrogen and oxygen atoms in total. The second-order valence-electron chi connectivity index (χ2n) is 7.33. The highest BCUT2D eigenvalue weighted by Gasteiger charge is 2.29. The lowest BCUT2D eigenvalue weighted by atomic mass is 9.69. The van der Waals surface area contributed by atoms with E-state index in [-0.39, 0.29) is 0 Å². The zero-order chi connectivity index (χ0) is 15.2. The lowest BCUT2D eigenvalue weighted by Crippen LogP contribution is -2.29. The van der Waals surface area contributed by atoms with Crippen LogP contribution in [0.2, 0.25) is 0 Å². The van der Waals surface area contributed by atoms with Gasteiger partial charge in [-0.05, 0) is 47.8 Å². The molecule has 0 aromatic heterocycles. The highest BCUT2D eigenvalue weighted by atomic mass is 14.3. The van der Waals surface area contributed by atoms with Gasteiger partial charge < -0.3 is 0 Å². The average Bonchev–Trinajstić information content (AvgIpc) is 2.40. The molecule has 19 heavy (non-hydrogen) atoms. The average molecular weight is 267 g/mol. The van der Waals surface area contributed by atoms with Crippen molar-refractivity contribution >= 4 is 0 Å². The third-order valence-electron chi connectivity index (χ3n) is 5.73. The maximum atomic E-state index is 3.96. The Morgan fingerprint density at radius 1 is 0.789 bits per heavy atom. The molecule has 0 fully saturated rings. The SMILES string of the molecule is C=CC(C)C(C)C(C)C(C)C(C)C(CC)CC(C)C. The Bertz CT molecular complexity index is 240. The predicted octanol–water partition coefficient (Wildman–Crippen LogP) is 6.43. The lowest BCUT2D eigenvalue weighted by molar-refractivity contribution is 0.131. The van der Waals surface area contributed by atoms with Crippen LogP contribution < -0.4 is 0 Å². The van der Waals surface area contributed by atoms with Crippen molar-refractivity contribution in [3.63, 3.8) is 0 Å². The zero-order valence-electron chi connectivity index (χ0n) is 14.7. The van der Waals surface area contributed by atoms with Gasteiger partial charge in [-0.1, -0.05) is 67.9 Å². The molecule has 0 saturated heterocycles. The molecule has 0 aliphatic heterocycles. The van der Waals surface area contributed by atoms with Gasteiger partial charge in [-0.15, -0.1) is 6.58 Å². The summed E-state index contributed by atoms with van der Waals surface area (Å²) in [6.07, 6.45) is 4.81. The minimum absolute atomic E-state index is 0.620. The van der Waals surface area contributed by atoms with E-state index in [1.165, 1.54) is 12.8 Å². The third-order valence-corrected chi connectivity index (χ3v) is 5.73. The molecule has 0 aliphatic rings. The first-order chi connectivity index (χ1) is 8.76. The Labute approximate surface area is 123 Å². The van der Waals surface area contributed by atoms with Crippen LogP contribution in [-0.2, 0) is 0 Å². The standard InChI is InChI=1S/C19H38/c1-10-14(5)15(6)16(7)17(8)18(9)19(11-2)12-13(3)4/h10,13-19H,1,11-12H2,2-9H3. The van der Waals surface area contributed by atoms with Crippen LogP contribution in [0.15, 0.2) is 12.7 Å². The Hall–Kier alpha value is -0.260. The van der Waals surface area contributed by atoms with Gasteiger partial charge in [-0.3, -0.25) is 0 Å². The minimum Gasteiger partial charge on any atom is -0.103 e. The highest BCUT2D eigenvalue weighted by molar-refractivity contribution is 4.85. The van der Waals surface area contributed by atoms with Gasteiger partial charge in [0.25, 0.3) is 0 Å². The summed E-state index contributed by atoms with van der Waals surface area (Å²) in [4.78, 5) is 0. The fourth-order valence-electron chi connectivity index (χ4n) is 3.44. The van der Waals surface area contributed by atoms with Gasteiger partial charge >= 0.3 is 0 Å². The Morgan fingerprint density at radius 3 is 1.63 bits per heavy atom. The first-order valence-corrected chi connectivity index (χ1v) is 8.38. The number of rotatable bonds is 9. The molecule has 0 aliphatic carbocycles. The van der Waals surface area contributed by atoms with Crippen LogP contribution in [-0.4, -0.2) is 0 Å². The van der Waals surface area contributed by atoms with E-state index < -0.39 is 0 Å². The molecular formula is C19H38. The monoisotopic (exact) mass is 266 g/mol. The molecule has 0 radical (unpaired) electrons. The fourth-order valence-corrected chi connectivity index (χ4v) is 3.44. The molecule has 0 aromatic rings. The van der Waals surface area contributed by atoms with Crippen molar-refractivity contribution in [2.45, 2.75) is 68.2 Å². The van der Waals surface area contributed by atoms with Crippen molar-refractivity contribution in [1.82, 2.24) is 0 Å². The topological polar surface area (TPSA) is 0 Å². The van der Waals surface area contributed by atoms with Crippen LogP contribution in [0.3, 0.4) is 0 Å². The van der Waals surface area contributed by atoms with Crippen LogP contribution >= 0.6 is 0 Å². The molecule has 0 saturated carbocycles. The van der Waals surface area contributed by atoms with Gasteiger partial charge in [0, 0.05) is 0 Å². The summed E-state index contributed by atoms with van der Waals surface area (Å²) in [7, 11) is 0. The Balaban J connectivity index is 4.68. The molecule has 0 heteroatoms. The van der Waals surface area contributed by atoms with Crippen LogP contribution in [0, 0.1) is 41.4 Å². The van der Waals surface area contributed by atoms with Gasteiger partial charge in [0.1, 0.15) is 0 Å². The number of hydrogen-bond acceptors (Lipinski definition) is 0. The van der Waals surface area contributed by atoms with Crippen molar-refractivity contribution in [3.05, 3.63) is 12.7 Å². The van der Waals surface area contributed by atoms with Crippen molar-refractivity contribution in [3.8, 4) is 0 Å². The van der Waals surface area contributed by atoms with E-state index in [1.54, 1.807) is 0 Å². The van der Waals surface area contributed by atoms with Crippen LogP contribution in [0.5, 0.6) is 0 Å². The van der Waals surface area contributed by atoms with Gasteiger partial charge in [0.05, 0.1) is 0 Å². The van der Waals surface area contributed by atoms with Crippen LogP contribution in [0.1, 0.15) is 68.2 Å². The summed E-state index contributed by atoms with van der Waals surface area (Å²) in [5.41, 5.74) is 0. The zero-order valence-corrected chi connectivity index (χ0v) is 14.7. The van der Waals surface area contributed by atoms with Gasteiger partial charge in [0.2, 0.25) is 0 Å².